The first-order valence-electron chi connectivity index (χ1n) is 12.2. The summed E-state index contributed by atoms with van der Waals surface area (Å²) in [6.45, 7) is 2.21. The first-order valence-corrected chi connectivity index (χ1v) is 12.2. The number of benzene rings is 1. The molecule has 0 bridgehead atoms. The Labute approximate surface area is 223 Å². The minimum absolute atomic E-state index is 0.251. The zero-order chi connectivity index (χ0) is 27.4. The van der Waals surface area contributed by atoms with Gasteiger partial charge in [-0.1, -0.05) is 23.3 Å². The van der Waals surface area contributed by atoms with Crippen LogP contribution in [0, 0.1) is 11.8 Å². The van der Waals surface area contributed by atoms with E-state index in [1.165, 1.54) is 7.11 Å². The van der Waals surface area contributed by atoms with Crippen LogP contribution < -0.4 is 15.9 Å². The van der Waals surface area contributed by atoms with E-state index < -0.39 is 0 Å². The number of ether oxygens (including phenoxy) is 1. The maximum atomic E-state index is 13.0. The number of fused-ring (bicyclic) bond motifs is 1. The van der Waals surface area contributed by atoms with Crippen molar-refractivity contribution in [2.24, 2.45) is 16.2 Å². The summed E-state index contributed by atoms with van der Waals surface area (Å²) in [5.41, 5.74) is 2.05. The Morgan fingerprint density at radius 3 is 2.82 bits per heavy atom. The Hall–Kier alpha value is -5.31. The van der Waals surface area contributed by atoms with E-state index in [2.05, 4.69) is 37.5 Å². The number of anilines is 1. The highest BCUT2D eigenvalue weighted by Crippen LogP contribution is 2.38. The van der Waals surface area contributed by atoms with Gasteiger partial charge in [0.05, 0.1) is 18.7 Å². The minimum atomic E-state index is -0.371. The highest BCUT2D eigenvalue weighted by atomic mass is 16.5. The molecule has 4 heterocycles. The van der Waals surface area contributed by atoms with Crippen molar-refractivity contribution < 1.29 is 14.3 Å². The van der Waals surface area contributed by atoms with Gasteiger partial charge in [0.15, 0.2) is 0 Å². The van der Waals surface area contributed by atoms with Crippen molar-refractivity contribution in [1.82, 2.24) is 24.3 Å². The van der Waals surface area contributed by atoms with E-state index in [9.17, 15) is 9.59 Å². The predicted octanol–water partition coefficient (Wildman–Crippen LogP) is 3.70. The van der Waals surface area contributed by atoms with E-state index in [0.717, 1.165) is 12.8 Å². The number of aromatic nitrogens is 4. The maximum absolute atomic E-state index is 13.0. The molecular weight excluding hydrogens is 498 g/mol. The number of likely N-dealkylation sites (tertiary alicyclic amines) is 1. The van der Waals surface area contributed by atoms with Crippen LogP contribution in [0.2, 0.25) is 0 Å². The monoisotopic (exact) mass is 523 g/mol. The van der Waals surface area contributed by atoms with Crippen molar-refractivity contribution in [3.05, 3.63) is 66.4 Å². The summed E-state index contributed by atoms with van der Waals surface area (Å²) in [7, 11) is 1.49. The number of carbonyl (C=O) groups excluding carboxylic acids is 2. The quantitative estimate of drug-likeness (QED) is 0.169. The Morgan fingerprint density at radius 2 is 2.08 bits per heavy atom. The van der Waals surface area contributed by atoms with Gasteiger partial charge in [-0.3, -0.25) is 14.0 Å². The number of carbonyl (C=O) groups is 2. The lowest BCUT2D eigenvalue weighted by Gasteiger charge is -2.21. The number of methoxy groups -OCH3 is 1. The number of hydrogen-bond donors (Lipinski definition) is 2. The van der Waals surface area contributed by atoms with Gasteiger partial charge in [-0.2, -0.15) is 0 Å². The number of nitrogens with one attached hydrogen (secondary N) is 1. The Morgan fingerprint density at radius 1 is 1.21 bits per heavy atom. The molecule has 1 saturated heterocycles. The molecule has 1 aliphatic heterocycles. The number of pyridine rings is 1. The standard InChI is InChI=1S/C27H25N9O3/c1-3-7-22(37)35-14-6-8-19(35)26-32-23(24-25(33-34-28)30-13-15-36(24)26)17-10-11-18(20(16-17)39-2)27(38)31-21-9-4-5-12-29-21/h4-5,9-13,15-16,19H,6,8,14H2,1-2H3,(H2,28,30,33)(H,29,31,38)/t19-/m0/s1. The fraction of sp³-hybridized carbons (Fsp3) is 0.222. The molecule has 5 rings (SSSR count). The van der Waals surface area contributed by atoms with Crippen LogP contribution in [0.5, 0.6) is 5.75 Å². The molecule has 2 amide bonds. The second-order valence-corrected chi connectivity index (χ2v) is 8.62. The summed E-state index contributed by atoms with van der Waals surface area (Å²) in [5.74, 6) is 11.7. The minimum Gasteiger partial charge on any atom is -0.496 e. The van der Waals surface area contributed by atoms with Crippen molar-refractivity contribution >= 4 is 29.0 Å². The fourth-order valence-corrected chi connectivity index (χ4v) is 4.71. The topological polar surface area (TPSA) is 152 Å². The fourth-order valence-electron chi connectivity index (χ4n) is 4.71. The molecule has 0 radical (unpaired) electrons. The average molecular weight is 524 g/mol. The number of rotatable bonds is 6. The smallest absolute Gasteiger partial charge is 0.299 e. The van der Waals surface area contributed by atoms with Crippen molar-refractivity contribution in [1.29, 1.82) is 0 Å². The third-order valence-corrected chi connectivity index (χ3v) is 6.38. The van der Waals surface area contributed by atoms with E-state index in [1.807, 2.05) is 4.40 Å². The molecule has 3 N–H and O–H groups in total. The van der Waals surface area contributed by atoms with E-state index in [1.54, 1.807) is 66.8 Å². The molecule has 1 aliphatic rings. The van der Waals surface area contributed by atoms with Gasteiger partial charge in [-0.25, -0.2) is 15.0 Å². The maximum Gasteiger partial charge on any atom is 0.299 e. The second-order valence-electron chi connectivity index (χ2n) is 8.62. The lowest BCUT2D eigenvalue weighted by molar-refractivity contribution is -0.126. The molecule has 0 unspecified atom stereocenters. The van der Waals surface area contributed by atoms with E-state index in [-0.39, 0.29) is 23.7 Å². The lowest BCUT2D eigenvalue weighted by Crippen LogP contribution is -2.30. The van der Waals surface area contributed by atoms with E-state index in [0.29, 0.717) is 46.3 Å². The molecule has 39 heavy (non-hydrogen) atoms. The zero-order valence-corrected chi connectivity index (χ0v) is 21.3. The summed E-state index contributed by atoms with van der Waals surface area (Å²) < 4.78 is 7.42. The van der Waals surface area contributed by atoms with Crippen molar-refractivity contribution in [2.45, 2.75) is 25.8 Å². The van der Waals surface area contributed by atoms with E-state index in [4.69, 9.17) is 15.6 Å². The Balaban J connectivity index is 1.61. The van der Waals surface area contributed by atoms with Crippen LogP contribution in [0.3, 0.4) is 0 Å². The third-order valence-electron chi connectivity index (χ3n) is 6.38. The molecule has 0 aliphatic carbocycles. The van der Waals surface area contributed by atoms with Crippen LogP contribution in [0.4, 0.5) is 11.6 Å². The van der Waals surface area contributed by atoms with Crippen LogP contribution in [0.25, 0.3) is 16.8 Å². The Kier molecular flexibility index (Phi) is 7.13. The Bertz CT molecular complexity index is 1640. The molecule has 196 valence electrons. The van der Waals surface area contributed by atoms with Crippen LogP contribution >= 0.6 is 0 Å². The first kappa shape index (κ1) is 25.3. The van der Waals surface area contributed by atoms with Crippen LogP contribution in [-0.4, -0.2) is 49.7 Å². The first-order chi connectivity index (χ1) is 19.0. The summed E-state index contributed by atoms with van der Waals surface area (Å²) >= 11 is 0. The van der Waals surface area contributed by atoms with E-state index >= 15 is 0 Å². The van der Waals surface area contributed by atoms with Gasteiger partial charge in [-0.15, -0.1) is 5.11 Å². The van der Waals surface area contributed by atoms with Gasteiger partial charge >= 0.3 is 0 Å². The van der Waals surface area contributed by atoms with Crippen molar-refractivity contribution in [3.8, 4) is 28.8 Å². The summed E-state index contributed by atoms with van der Waals surface area (Å²) in [6, 6.07) is 10.1. The van der Waals surface area contributed by atoms with Crippen LogP contribution in [0.1, 0.15) is 42.0 Å². The van der Waals surface area contributed by atoms with Gasteiger partial charge < -0.3 is 20.8 Å². The van der Waals surface area contributed by atoms with Crippen molar-refractivity contribution in [2.75, 3.05) is 19.0 Å². The van der Waals surface area contributed by atoms with Gasteiger partial charge in [-0.05, 0) is 50.0 Å². The highest BCUT2D eigenvalue weighted by molar-refractivity contribution is 6.06. The van der Waals surface area contributed by atoms with Crippen molar-refractivity contribution in [3.63, 3.8) is 0 Å². The van der Waals surface area contributed by atoms with Crippen LogP contribution in [-0.2, 0) is 4.79 Å². The van der Waals surface area contributed by atoms with Crippen LogP contribution in [0.15, 0.2) is 65.3 Å². The number of nitrogens with zero attached hydrogens (tertiary/aromatic N) is 7. The largest absolute Gasteiger partial charge is 0.496 e. The van der Waals surface area contributed by atoms with Gasteiger partial charge in [0, 0.05) is 30.7 Å². The second kappa shape index (κ2) is 11.0. The molecule has 1 aromatic carbocycles. The summed E-state index contributed by atoms with van der Waals surface area (Å²) in [6.07, 6.45) is 6.47. The molecule has 3 aromatic heterocycles. The molecule has 0 spiro atoms. The lowest BCUT2D eigenvalue weighted by atomic mass is 10.1. The predicted molar refractivity (Wildman–Crippen MR) is 143 cm³/mol. The molecule has 0 saturated carbocycles. The average Bonchev–Trinajstić information content (AvgIpc) is 3.59. The highest BCUT2D eigenvalue weighted by Gasteiger charge is 2.34. The van der Waals surface area contributed by atoms with Gasteiger partial charge in [0.1, 0.15) is 28.6 Å². The third kappa shape index (κ3) is 4.85. The molecule has 12 nitrogen and oxygen atoms in total. The number of imidazole rings is 1. The number of amides is 2. The summed E-state index contributed by atoms with van der Waals surface area (Å²) in [4.78, 5) is 40.9. The number of hydrogen-bond acceptors (Lipinski definition) is 8. The number of nitrogens with two attached hydrogens (primary N) is 1. The molecule has 1 atom stereocenters. The molecule has 4 aromatic rings. The molecular formula is C27H25N9O3. The zero-order valence-electron chi connectivity index (χ0n) is 21.3. The normalized spacial score (nSPS) is 14.8. The summed E-state index contributed by atoms with van der Waals surface area (Å²) in [5, 5.41) is 10.2. The van der Waals surface area contributed by atoms with Gasteiger partial charge in [0.2, 0.25) is 5.82 Å². The molecule has 1 fully saturated rings. The molecule has 12 heteroatoms. The van der Waals surface area contributed by atoms with Gasteiger partial charge in [0.25, 0.3) is 11.8 Å². The SMILES string of the molecule is CC#CC(=O)N1CCC[C@H]1c1nc(-c2ccc(C(=O)Nc3ccccn3)c(OC)c2)c2c(N=NN)nccn12.